The molecule has 1 fully saturated rings. The van der Waals surface area contributed by atoms with Gasteiger partial charge in [0.2, 0.25) is 11.8 Å². The van der Waals surface area contributed by atoms with E-state index in [0.29, 0.717) is 36.2 Å². The molecule has 1 saturated heterocycles. The van der Waals surface area contributed by atoms with Crippen molar-refractivity contribution in [3.05, 3.63) is 60.2 Å². The minimum absolute atomic E-state index is 0.0367. The maximum absolute atomic E-state index is 13.1. The highest BCUT2D eigenvalue weighted by molar-refractivity contribution is 5.78. The number of likely N-dealkylation sites (tertiary alicyclic amines) is 1. The van der Waals surface area contributed by atoms with Crippen LogP contribution in [0.5, 0.6) is 11.5 Å². The van der Waals surface area contributed by atoms with Crippen LogP contribution in [0.25, 0.3) is 11.5 Å². The zero-order valence-corrected chi connectivity index (χ0v) is 16.6. The molecule has 2 heterocycles. The zero-order chi connectivity index (χ0) is 20.9. The minimum Gasteiger partial charge on any atom is -0.497 e. The van der Waals surface area contributed by atoms with Crippen molar-refractivity contribution in [1.29, 1.82) is 0 Å². The normalized spacial score (nSPS) is 16.3. The van der Waals surface area contributed by atoms with Crippen molar-refractivity contribution in [2.24, 2.45) is 0 Å². The summed E-state index contributed by atoms with van der Waals surface area (Å²) in [6.07, 6.45) is 1.70. The molecule has 1 unspecified atom stereocenters. The van der Waals surface area contributed by atoms with Gasteiger partial charge in [0.05, 0.1) is 13.0 Å². The fourth-order valence-corrected chi connectivity index (χ4v) is 3.42. The molecule has 156 valence electrons. The molecule has 1 aliphatic rings. The minimum atomic E-state index is -0.322. The summed E-state index contributed by atoms with van der Waals surface area (Å²) in [6.45, 7) is 1.12. The molecule has 30 heavy (non-hydrogen) atoms. The summed E-state index contributed by atoms with van der Waals surface area (Å²) in [5, 5.41) is 8.22. The molecule has 0 radical (unpaired) electrons. The molecule has 0 aliphatic carbocycles. The Kier molecular flexibility index (Phi) is 5.92. The number of aromatic nitrogens is 2. The molecule has 0 saturated carbocycles. The predicted molar refractivity (Wildman–Crippen MR) is 107 cm³/mol. The molecule has 8 heteroatoms. The van der Waals surface area contributed by atoms with Crippen LogP contribution in [0.15, 0.2) is 52.9 Å². The predicted octanol–water partition coefficient (Wildman–Crippen LogP) is 3.67. The van der Waals surface area contributed by atoms with Gasteiger partial charge in [-0.1, -0.05) is 0 Å². The quantitative estimate of drug-likeness (QED) is 0.616. The number of ether oxygens (including phenoxy) is 2. The molecular formula is C22H22FN3O4. The Labute approximate surface area is 173 Å². The number of hydrogen-bond acceptors (Lipinski definition) is 6. The molecule has 3 aromatic rings. The first-order valence-electron chi connectivity index (χ1n) is 9.76. The second kappa shape index (κ2) is 8.94. The summed E-state index contributed by atoms with van der Waals surface area (Å²) in [7, 11) is 1.60. The lowest BCUT2D eigenvalue weighted by Crippen LogP contribution is -2.41. The number of rotatable bonds is 6. The number of piperidine rings is 1. The molecular weight excluding hydrogens is 389 g/mol. The lowest BCUT2D eigenvalue weighted by molar-refractivity contribution is -0.134. The van der Waals surface area contributed by atoms with E-state index in [1.807, 2.05) is 0 Å². The zero-order valence-electron chi connectivity index (χ0n) is 16.6. The maximum atomic E-state index is 13.1. The number of carbonyl (C=O) groups is 1. The van der Waals surface area contributed by atoms with E-state index in [0.717, 1.165) is 18.6 Å². The van der Waals surface area contributed by atoms with Gasteiger partial charge in [0.25, 0.3) is 5.91 Å². The monoisotopic (exact) mass is 411 g/mol. The Morgan fingerprint density at radius 2 is 1.87 bits per heavy atom. The highest BCUT2D eigenvalue weighted by Gasteiger charge is 2.28. The van der Waals surface area contributed by atoms with Gasteiger partial charge < -0.3 is 18.8 Å². The van der Waals surface area contributed by atoms with Crippen LogP contribution in [0.2, 0.25) is 0 Å². The summed E-state index contributed by atoms with van der Waals surface area (Å²) < 4.78 is 29.6. The third kappa shape index (κ3) is 4.59. The summed E-state index contributed by atoms with van der Waals surface area (Å²) in [5.74, 6) is 1.72. The van der Waals surface area contributed by atoms with E-state index in [1.165, 1.54) is 12.1 Å². The lowest BCUT2D eigenvalue weighted by Gasteiger charge is -2.31. The molecule has 1 aliphatic heterocycles. The third-order valence-corrected chi connectivity index (χ3v) is 5.08. The van der Waals surface area contributed by atoms with E-state index in [2.05, 4.69) is 10.2 Å². The highest BCUT2D eigenvalue weighted by Crippen LogP contribution is 2.28. The maximum Gasteiger partial charge on any atom is 0.260 e. The molecule has 1 amide bonds. The Morgan fingerprint density at radius 3 is 2.60 bits per heavy atom. The largest absolute Gasteiger partial charge is 0.497 e. The van der Waals surface area contributed by atoms with Crippen LogP contribution in [0.1, 0.15) is 24.7 Å². The average Bonchev–Trinajstić information content (AvgIpc) is 3.29. The second-order valence-electron chi connectivity index (χ2n) is 7.10. The standard InChI is InChI=1S/C22H22FN3O4/c1-28-18-8-10-19(11-9-18)29-14-20(27)26-12-2-3-16(13-26)22-25-24-21(30-22)15-4-6-17(23)7-5-15/h4-11,16H,2-3,12-14H2,1H3. The van der Waals surface area contributed by atoms with E-state index in [-0.39, 0.29) is 24.2 Å². The van der Waals surface area contributed by atoms with Crippen LogP contribution in [0.4, 0.5) is 4.39 Å². The number of carbonyl (C=O) groups excluding carboxylic acids is 1. The molecule has 0 N–H and O–H groups in total. The van der Waals surface area contributed by atoms with Gasteiger partial charge in [-0.2, -0.15) is 0 Å². The van der Waals surface area contributed by atoms with E-state index < -0.39 is 0 Å². The molecule has 0 spiro atoms. The fraction of sp³-hybridized carbons (Fsp3) is 0.318. The lowest BCUT2D eigenvalue weighted by atomic mass is 9.98. The Balaban J connectivity index is 1.35. The van der Waals surface area contributed by atoms with Crippen LogP contribution in [0, 0.1) is 5.82 Å². The van der Waals surface area contributed by atoms with Gasteiger partial charge in [-0.15, -0.1) is 10.2 Å². The Morgan fingerprint density at radius 1 is 1.13 bits per heavy atom. The van der Waals surface area contributed by atoms with Crippen LogP contribution < -0.4 is 9.47 Å². The highest BCUT2D eigenvalue weighted by atomic mass is 19.1. The third-order valence-electron chi connectivity index (χ3n) is 5.08. The van der Waals surface area contributed by atoms with Crippen molar-refractivity contribution in [3.63, 3.8) is 0 Å². The van der Waals surface area contributed by atoms with Crippen molar-refractivity contribution in [2.45, 2.75) is 18.8 Å². The van der Waals surface area contributed by atoms with Gasteiger partial charge in [-0.05, 0) is 61.4 Å². The van der Waals surface area contributed by atoms with Crippen LogP contribution >= 0.6 is 0 Å². The fourth-order valence-electron chi connectivity index (χ4n) is 3.42. The summed E-state index contributed by atoms with van der Waals surface area (Å²) in [6, 6.07) is 13.0. The van der Waals surface area contributed by atoms with E-state index in [1.54, 1.807) is 48.4 Å². The van der Waals surface area contributed by atoms with Crippen molar-refractivity contribution in [2.75, 3.05) is 26.8 Å². The van der Waals surface area contributed by atoms with Crippen LogP contribution in [0.3, 0.4) is 0 Å². The van der Waals surface area contributed by atoms with Gasteiger partial charge in [0, 0.05) is 18.7 Å². The number of amides is 1. The first-order valence-corrected chi connectivity index (χ1v) is 9.76. The van der Waals surface area contributed by atoms with Gasteiger partial charge in [-0.25, -0.2) is 4.39 Å². The number of hydrogen-bond donors (Lipinski definition) is 0. The van der Waals surface area contributed by atoms with Crippen molar-refractivity contribution < 1.29 is 23.1 Å². The van der Waals surface area contributed by atoms with E-state index in [9.17, 15) is 9.18 Å². The van der Waals surface area contributed by atoms with Crippen molar-refractivity contribution in [1.82, 2.24) is 15.1 Å². The van der Waals surface area contributed by atoms with Crippen molar-refractivity contribution in [3.8, 4) is 23.0 Å². The molecule has 7 nitrogen and oxygen atoms in total. The van der Waals surface area contributed by atoms with Gasteiger partial charge in [0.15, 0.2) is 6.61 Å². The summed E-state index contributed by atoms with van der Waals surface area (Å²) in [4.78, 5) is 14.4. The average molecular weight is 411 g/mol. The van der Waals surface area contributed by atoms with Gasteiger partial charge in [0.1, 0.15) is 17.3 Å². The number of nitrogens with zero attached hydrogens (tertiary/aromatic N) is 3. The topological polar surface area (TPSA) is 77.7 Å². The molecule has 2 aromatic carbocycles. The van der Waals surface area contributed by atoms with Crippen LogP contribution in [-0.2, 0) is 4.79 Å². The second-order valence-corrected chi connectivity index (χ2v) is 7.10. The number of halogens is 1. The van der Waals surface area contributed by atoms with Crippen LogP contribution in [-0.4, -0.2) is 47.8 Å². The van der Waals surface area contributed by atoms with Gasteiger partial charge in [-0.3, -0.25) is 4.79 Å². The number of benzene rings is 2. The first-order chi connectivity index (χ1) is 14.6. The van der Waals surface area contributed by atoms with E-state index >= 15 is 0 Å². The molecule has 0 bridgehead atoms. The number of methoxy groups -OCH3 is 1. The Bertz CT molecular complexity index is 988. The Hall–Kier alpha value is -3.42. The van der Waals surface area contributed by atoms with Crippen molar-refractivity contribution >= 4 is 5.91 Å². The molecule has 1 atom stereocenters. The SMILES string of the molecule is COc1ccc(OCC(=O)N2CCCC(c3nnc(-c4ccc(F)cc4)o3)C2)cc1. The molecule has 1 aromatic heterocycles. The van der Waals surface area contributed by atoms with Gasteiger partial charge >= 0.3 is 0 Å². The summed E-state index contributed by atoms with van der Waals surface area (Å²) in [5.41, 5.74) is 0.659. The first kappa shape index (κ1) is 19.9. The smallest absolute Gasteiger partial charge is 0.260 e. The molecule has 4 rings (SSSR count). The summed E-state index contributed by atoms with van der Waals surface area (Å²) >= 11 is 0. The van der Waals surface area contributed by atoms with E-state index in [4.69, 9.17) is 13.9 Å².